The Hall–Kier alpha value is -2.10. The molecule has 0 radical (unpaired) electrons. The summed E-state index contributed by atoms with van der Waals surface area (Å²) in [5.74, 6) is 0.447. The number of hydrogen-bond donors (Lipinski definition) is 1. The zero-order valence-electron chi connectivity index (χ0n) is 8.77. The van der Waals surface area contributed by atoms with E-state index in [-0.39, 0.29) is 0 Å². The zero-order valence-corrected chi connectivity index (χ0v) is 8.77. The van der Waals surface area contributed by atoms with Crippen molar-refractivity contribution in [3.8, 4) is 11.6 Å². The lowest BCUT2D eigenvalue weighted by Gasteiger charge is -2.08. The van der Waals surface area contributed by atoms with Gasteiger partial charge in [0.15, 0.2) is 5.75 Å². The Morgan fingerprint density at radius 1 is 1.25 bits per heavy atom. The number of rotatable bonds is 2. The van der Waals surface area contributed by atoms with Crippen molar-refractivity contribution < 1.29 is 9.13 Å². The molecule has 3 nitrogen and oxygen atoms in total. The fourth-order valence-corrected chi connectivity index (χ4v) is 1.28. The number of anilines is 1. The van der Waals surface area contributed by atoms with Crippen LogP contribution in [0, 0.1) is 12.7 Å². The molecule has 1 heterocycles. The van der Waals surface area contributed by atoms with Gasteiger partial charge in [0.25, 0.3) is 0 Å². The Labute approximate surface area is 92.7 Å². The number of aryl methyl sites for hydroxylation is 1. The van der Waals surface area contributed by atoms with Gasteiger partial charge in [-0.3, -0.25) is 0 Å². The van der Waals surface area contributed by atoms with Crippen LogP contribution in [0.4, 0.5) is 10.1 Å². The summed E-state index contributed by atoms with van der Waals surface area (Å²) in [7, 11) is 0. The molecule has 0 bridgehead atoms. The first-order chi connectivity index (χ1) is 7.66. The average Bonchev–Trinajstić information content (AvgIpc) is 2.28. The van der Waals surface area contributed by atoms with Gasteiger partial charge in [0, 0.05) is 6.07 Å². The molecule has 16 heavy (non-hydrogen) atoms. The Balaban J connectivity index is 2.27. The Morgan fingerprint density at radius 2 is 2.06 bits per heavy atom. The molecule has 0 amide bonds. The van der Waals surface area contributed by atoms with Crippen LogP contribution in [0.1, 0.15) is 5.56 Å². The second-order valence-electron chi connectivity index (χ2n) is 3.40. The zero-order chi connectivity index (χ0) is 11.5. The molecule has 1 aromatic carbocycles. The molecule has 0 aliphatic heterocycles. The van der Waals surface area contributed by atoms with Crippen molar-refractivity contribution in [1.29, 1.82) is 0 Å². The maximum Gasteiger partial charge on any atom is 0.219 e. The van der Waals surface area contributed by atoms with Gasteiger partial charge in [-0.05, 0) is 24.6 Å². The van der Waals surface area contributed by atoms with E-state index in [1.54, 1.807) is 6.07 Å². The summed E-state index contributed by atoms with van der Waals surface area (Å²) < 4.78 is 18.1. The van der Waals surface area contributed by atoms with Crippen LogP contribution in [0.2, 0.25) is 0 Å². The molecule has 0 spiro atoms. The van der Waals surface area contributed by atoms with Crippen LogP contribution in [0.15, 0.2) is 36.5 Å². The highest BCUT2D eigenvalue weighted by molar-refractivity contribution is 5.58. The minimum absolute atomic E-state index is 0.318. The molecule has 1 aromatic heterocycles. The summed E-state index contributed by atoms with van der Waals surface area (Å²) in [6.07, 6.45) is 1.10. The van der Waals surface area contributed by atoms with Crippen LogP contribution in [0.5, 0.6) is 11.6 Å². The lowest BCUT2D eigenvalue weighted by atomic mass is 10.2. The minimum atomic E-state index is -0.399. The first kappa shape index (κ1) is 10.4. The van der Waals surface area contributed by atoms with E-state index in [0.717, 1.165) is 11.8 Å². The maximum atomic E-state index is 12.6. The normalized spacial score (nSPS) is 10.1. The summed E-state index contributed by atoms with van der Waals surface area (Å²) >= 11 is 0. The van der Waals surface area contributed by atoms with E-state index in [0.29, 0.717) is 17.3 Å². The van der Waals surface area contributed by atoms with E-state index in [1.807, 2.05) is 19.1 Å². The predicted molar refractivity (Wildman–Crippen MR) is 59.9 cm³/mol. The molecule has 0 fully saturated rings. The number of nitrogens with two attached hydrogens (primary N) is 1. The number of halogens is 1. The van der Waals surface area contributed by atoms with Gasteiger partial charge < -0.3 is 10.5 Å². The van der Waals surface area contributed by atoms with Gasteiger partial charge in [0.1, 0.15) is 5.82 Å². The number of nitrogens with zero attached hydrogens (tertiary/aromatic N) is 1. The van der Waals surface area contributed by atoms with Gasteiger partial charge in [-0.1, -0.05) is 12.1 Å². The number of ether oxygens (including phenoxy) is 1. The Kier molecular flexibility index (Phi) is 2.72. The van der Waals surface area contributed by atoms with Gasteiger partial charge in [-0.25, -0.2) is 9.37 Å². The summed E-state index contributed by atoms with van der Waals surface area (Å²) in [6, 6.07) is 8.21. The second kappa shape index (κ2) is 4.18. The first-order valence-corrected chi connectivity index (χ1v) is 4.81. The molecule has 82 valence electrons. The number of aromatic nitrogens is 1. The molecule has 2 N–H and O–H groups in total. The molecule has 4 heteroatoms. The minimum Gasteiger partial charge on any atom is -0.437 e. The van der Waals surface area contributed by atoms with Gasteiger partial charge in [0.2, 0.25) is 5.88 Å². The van der Waals surface area contributed by atoms with Crippen molar-refractivity contribution in [1.82, 2.24) is 4.98 Å². The summed E-state index contributed by atoms with van der Waals surface area (Å²) in [4.78, 5) is 3.79. The number of nitrogen functional groups attached to an aromatic ring is 1. The summed E-state index contributed by atoms with van der Waals surface area (Å²) in [5.41, 5.74) is 7.33. The quantitative estimate of drug-likeness (QED) is 0.788. The fraction of sp³-hybridized carbons (Fsp3) is 0.0833. The van der Waals surface area contributed by atoms with Crippen LogP contribution in [0.25, 0.3) is 0 Å². The third-order valence-corrected chi connectivity index (χ3v) is 2.20. The predicted octanol–water partition coefficient (Wildman–Crippen LogP) is 2.90. The smallest absolute Gasteiger partial charge is 0.219 e. The van der Waals surface area contributed by atoms with Crippen molar-refractivity contribution in [3.05, 3.63) is 47.9 Å². The molecular weight excluding hydrogens is 207 g/mol. The van der Waals surface area contributed by atoms with Gasteiger partial charge in [-0.2, -0.15) is 0 Å². The number of benzene rings is 1. The van der Waals surface area contributed by atoms with Crippen LogP contribution < -0.4 is 10.5 Å². The van der Waals surface area contributed by atoms with Crippen molar-refractivity contribution in [2.75, 3.05) is 5.73 Å². The Morgan fingerprint density at radius 3 is 2.75 bits per heavy atom. The highest BCUT2D eigenvalue weighted by Gasteiger charge is 2.04. The molecule has 2 aromatic rings. The van der Waals surface area contributed by atoms with E-state index >= 15 is 0 Å². The van der Waals surface area contributed by atoms with Crippen molar-refractivity contribution in [2.45, 2.75) is 6.92 Å². The molecule has 2 rings (SSSR count). The van der Waals surface area contributed by atoms with Gasteiger partial charge in [-0.15, -0.1) is 0 Å². The average molecular weight is 218 g/mol. The number of para-hydroxylation sites is 1. The molecule has 0 saturated heterocycles. The van der Waals surface area contributed by atoms with Crippen LogP contribution in [-0.2, 0) is 0 Å². The van der Waals surface area contributed by atoms with E-state index in [1.165, 1.54) is 12.1 Å². The highest BCUT2D eigenvalue weighted by Crippen LogP contribution is 2.28. The second-order valence-corrected chi connectivity index (χ2v) is 3.40. The molecule has 0 atom stereocenters. The third-order valence-electron chi connectivity index (χ3n) is 2.20. The van der Waals surface area contributed by atoms with E-state index in [2.05, 4.69) is 4.98 Å². The number of hydrogen-bond acceptors (Lipinski definition) is 3. The van der Waals surface area contributed by atoms with Crippen molar-refractivity contribution >= 4 is 5.69 Å². The first-order valence-electron chi connectivity index (χ1n) is 4.81. The molecule has 0 unspecified atom stereocenters. The topological polar surface area (TPSA) is 48.1 Å². The Bertz CT molecular complexity index is 497. The molecule has 0 aliphatic rings. The largest absolute Gasteiger partial charge is 0.437 e. The third kappa shape index (κ3) is 2.11. The van der Waals surface area contributed by atoms with E-state index in [4.69, 9.17) is 10.5 Å². The van der Waals surface area contributed by atoms with E-state index < -0.39 is 5.82 Å². The maximum absolute atomic E-state index is 12.6. The summed E-state index contributed by atoms with van der Waals surface area (Å²) in [5, 5.41) is 0. The van der Waals surface area contributed by atoms with Crippen LogP contribution >= 0.6 is 0 Å². The van der Waals surface area contributed by atoms with Crippen LogP contribution in [0.3, 0.4) is 0 Å². The monoisotopic (exact) mass is 218 g/mol. The summed E-state index contributed by atoms with van der Waals surface area (Å²) in [6.45, 7) is 1.89. The van der Waals surface area contributed by atoms with Crippen molar-refractivity contribution in [3.63, 3.8) is 0 Å². The van der Waals surface area contributed by atoms with Crippen molar-refractivity contribution in [2.24, 2.45) is 0 Å². The van der Waals surface area contributed by atoms with Crippen LogP contribution in [-0.4, -0.2) is 4.98 Å². The lowest BCUT2D eigenvalue weighted by molar-refractivity contribution is 0.461. The molecule has 0 saturated carbocycles. The van der Waals surface area contributed by atoms with Gasteiger partial charge >= 0.3 is 0 Å². The number of pyridine rings is 1. The molecule has 0 aliphatic carbocycles. The highest BCUT2D eigenvalue weighted by atomic mass is 19.1. The molecular formula is C12H11FN2O. The fourth-order valence-electron chi connectivity index (χ4n) is 1.28. The van der Waals surface area contributed by atoms with E-state index in [9.17, 15) is 4.39 Å². The SMILES string of the molecule is Cc1cccc(Oc2ccc(F)cn2)c1N. The standard InChI is InChI=1S/C12H11FN2O/c1-8-3-2-4-10(12(8)14)16-11-6-5-9(13)7-15-11/h2-7H,14H2,1H3. The van der Waals surface area contributed by atoms with Gasteiger partial charge in [0.05, 0.1) is 11.9 Å². The lowest BCUT2D eigenvalue weighted by Crippen LogP contribution is -1.95.